The number of esters is 1. The minimum Gasteiger partial charge on any atom is -0.464 e. The molecule has 2 aromatic heterocycles. The number of rotatable bonds is 4. The van der Waals surface area contributed by atoms with Gasteiger partial charge in [-0.25, -0.2) is 19.3 Å². The van der Waals surface area contributed by atoms with Crippen molar-refractivity contribution in [1.29, 1.82) is 0 Å². The average Bonchev–Trinajstić information content (AvgIpc) is 3.43. The van der Waals surface area contributed by atoms with E-state index in [0.29, 0.717) is 37.6 Å². The van der Waals surface area contributed by atoms with Crippen LogP contribution in [0.15, 0.2) is 30.5 Å². The first-order valence-corrected chi connectivity index (χ1v) is 10.0. The third-order valence-corrected chi connectivity index (χ3v) is 5.47. The van der Waals surface area contributed by atoms with E-state index in [2.05, 4.69) is 34.6 Å². The van der Waals surface area contributed by atoms with Crippen LogP contribution in [0, 0.1) is 6.92 Å². The molecule has 4 rings (SSSR count). The Bertz CT molecular complexity index is 1060. The molecule has 1 fully saturated rings. The maximum atomic E-state index is 12.7. The Morgan fingerprint density at radius 3 is 2.70 bits per heavy atom. The van der Waals surface area contributed by atoms with Gasteiger partial charge in [0.1, 0.15) is 5.82 Å². The van der Waals surface area contributed by atoms with Crippen LogP contribution in [0.25, 0.3) is 5.69 Å². The van der Waals surface area contributed by atoms with Gasteiger partial charge in [-0.3, -0.25) is 0 Å². The Balaban J connectivity index is 1.38. The van der Waals surface area contributed by atoms with Crippen molar-refractivity contribution in [3.05, 3.63) is 42.0 Å². The molecule has 3 heterocycles. The van der Waals surface area contributed by atoms with Gasteiger partial charge in [0.05, 0.1) is 19.0 Å². The predicted molar refractivity (Wildman–Crippen MR) is 110 cm³/mol. The molecule has 0 bridgehead atoms. The zero-order valence-electron chi connectivity index (χ0n) is 16.5. The van der Waals surface area contributed by atoms with Gasteiger partial charge in [0.2, 0.25) is 5.13 Å². The summed E-state index contributed by atoms with van der Waals surface area (Å²) in [5, 5.41) is 11.5. The fourth-order valence-electron chi connectivity index (χ4n) is 3.03. The van der Waals surface area contributed by atoms with Crippen LogP contribution in [0.3, 0.4) is 0 Å². The van der Waals surface area contributed by atoms with Gasteiger partial charge in [0.25, 0.3) is 0 Å². The van der Waals surface area contributed by atoms with Crippen molar-refractivity contribution in [3.8, 4) is 5.69 Å². The van der Waals surface area contributed by atoms with E-state index in [1.165, 1.54) is 29.5 Å². The number of amides is 2. The summed E-state index contributed by atoms with van der Waals surface area (Å²) in [6, 6.07) is 6.97. The number of anilines is 2. The highest BCUT2D eigenvalue weighted by Gasteiger charge is 2.23. The zero-order valence-corrected chi connectivity index (χ0v) is 17.3. The largest absolute Gasteiger partial charge is 0.464 e. The second-order valence-electron chi connectivity index (χ2n) is 6.62. The highest BCUT2D eigenvalue weighted by atomic mass is 32.1. The van der Waals surface area contributed by atoms with E-state index in [0.717, 1.165) is 11.0 Å². The Kier molecular flexibility index (Phi) is 5.57. The summed E-state index contributed by atoms with van der Waals surface area (Å²) in [4.78, 5) is 32.5. The number of nitrogens with one attached hydrogen (secondary N) is 1. The monoisotopic (exact) mass is 428 g/mol. The molecule has 30 heavy (non-hydrogen) atoms. The number of ether oxygens (including phenoxy) is 1. The zero-order chi connectivity index (χ0) is 21.1. The van der Waals surface area contributed by atoms with Crippen molar-refractivity contribution >= 4 is 34.4 Å². The normalized spacial score (nSPS) is 13.9. The number of nitrogens with zero attached hydrogens (tertiary/aromatic N) is 7. The van der Waals surface area contributed by atoms with Crippen molar-refractivity contribution in [2.45, 2.75) is 6.92 Å². The molecule has 0 unspecified atom stereocenters. The molecule has 11 nitrogen and oxygen atoms in total. The van der Waals surface area contributed by atoms with E-state index in [1.807, 2.05) is 6.92 Å². The Hall–Kier alpha value is -3.54. The quantitative estimate of drug-likeness (QED) is 0.622. The van der Waals surface area contributed by atoms with E-state index >= 15 is 0 Å². The summed E-state index contributed by atoms with van der Waals surface area (Å²) in [5.74, 6) is 0.203. The lowest BCUT2D eigenvalue weighted by molar-refractivity contribution is 0.0594. The van der Waals surface area contributed by atoms with Crippen LogP contribution < -0.4 is 10.2 Å². The number of aryl methyl sites for hydroxylation is 1. The summed E-state index contributed by atoms with van der Waals surface area (Å²) in [6.07, 6.45) is 1.47. The fourth-order valence-corrected chi connectivity index (χ4v) is 3.76. The second kappa shape index (κ2) is 8.45. The molecule has 0 atom stereocenters. The molecule has 1 aliphatic heterocycles. The molecule has 1 N–H and O–H groups in total. The average molecular weight is 428 g/mol. The lowest BCUT2D eigenvalue weighted by Gasteiger charge is -2.34. The number of methoxy groups -OCH3 is 1. The van der Waals surface area contributed by atoms with Gasteiger partial charge in [-0.15, -0.1) is 5.10 Å². The van der Waals surface area contributed by atoms with Crippen LogP contribution >= 0.6 is 11.5 Å². The topological polar surface area (TPSA) is 118 Å². The van der Waals surface area contributed by atoms with Crippen molar-refractivity contribution in [2.75, 3.05) is 43.5 Å². The molecule has 1 saturated heterocycles. The van der Waals surface area contributed by atoms with Crippen molar-refractivity contribution in [3.63, 3.8) is 0 Å². The molecule has 156 valence electrons. The number of aromatic nitrogens is 5. The van der Waals surface area contributed by atoms with Gasteiger partial charge < -0.3 is 19.9 Å². The number of hydrogen-bond acceptors (Lipinski definition) is 9. The first-order valence-electron chi connectivity index (χ1n) is 9.26. The number of carbonyl (C=O) groups is 2. The fraction of sp³-hybridized carbons (Fsp3) is 0.333. The summed E-state index contributed by atoms with van der Waals surface area (Å²) in [7, 11) is 1.28. The van der Waals surface area contributed by atoms with Crippen molar-refractivity contribution in [1.82, 2.24) is 29.3 Å². The number of urea groups is 1. The predicted octanol–water partition coefficient (Wildman–Crippen LogP) is 1.57. The van der Waals surface area contributed by atoms with E-state index < -0.39 is 5.97 Å². The van der Waals surface area contributed by atoms with Gasteiger partial charge in [0, 0.05) is 43.4 Å². The van der Waals surface area contributed by atoms with Crippen molar-refractivity contribution in [2.24, 2.45) is 0 Å². The minimum absolute atomic E-state index is 0.107. The van der Waals surface area contributed by atoms with Crippen LogP contribution in [0.4, 0.5) is 15.6 Å². The molecule has 0 radical (unpaired) electrons. The van der Waals surface area contributed by atoms with Crippen LogP contribution in [-0.2, 0) is 4.74 Å². The molecule has 2 amide bonds. The van der Waals surface area contributed by atoms with Gasteiger partial charge >= 0.3 is 12.0 Å². The maximum Gasteiger partial charge on any atom is 0.360 e. The highest BCUT2D eigenvalue weighted by molar-refractivity contribution is 7.09. The number of benzene rings is 1. The van der Waals surface area contributed by atoms with Crippen LogP contribution in [0.5, 0.6) is 0 Å². The third-order valence-electron chi connectivity index (χ3n) is 4.60. The van der Waals surface area contributed by atoms with E-state index in [9.17, 15) is 9.59 Å². The third kappa shape index (κ3) is 4.22. The molecule has 0 saturated carbocycles. The van der Waals surface area contributed by atoms with Crippen molar-refractivity contribution < 1.29 is 14.3 Å². The molecular formula is C18H20N8O3S. The summed E-state index contributed by atoms with van der Waals surface area (Å²) in [5.41, 5.74) is 1.39. The number of carbonyl (C=O) groups excluding carboxylic acids is 2. The SMILES string of the molecule is COC(=O)c1cn(-c2cccc(NC(=O)N3CCN(c4nc(C)ns4)CC3)c2)nn1. The summed E-state index contributed by atoms with van der Waals surface area (Å²) < 4.78 is 10.3. The first-order chi connectivity index (χ1) is 14.5. The number of piperazine rings is 1. The molecule has 1 aromatic carbocycles. The molecule has 3 aromatic rings. The van der Waals surface area contributed by atoms with Gasteiger partial charge in [-0.2, -0.15) is 4.37 Å². The van der Waals surface area contributed by atoms with E-state index in [1.54, 1.807) is 29.2 Å². The minimum atomic E-state index is -0.562. The maximum absolute atomic E-state index is 12.7. The second-order valence-corrected chi connectivity index (χ2v) is 7.35. The standard InChI is InChI=1S/C18H20N8O3S/c1-12-19-18(30-22-12)25-8-6-24(7-9-25)17(28)20-13-4-3-5-14(10-13)26-11-15(21-23-26)16(27)29-2/h3-5,10-11H,6-9H2,1-2H3,(H,20,28). The smallest absolute Gasteiger partial charge is 0.360 e. The van der Waals surface area contributed by atoms with Crippen LogP contribution in [0.1, 0.15) is 16.3 Å². The summed E-state index contributed by atoms with van der Waals surface area (Å²) >= 11 is 1.38. The Morgan fingerprint density at radius 1 is 1.20 bits per heavy atom. The lowest BCUT2D eigenvalue weighted by Crippen LogP contribution is -2.50. The Labute approximate surface area is 176 Å². The summed E-state index contributed by atoms with van der Waals surface area (Å²) in [6.45, 7) is 4.47. The van der Waals surface area contributed by atoms with Crippen LogP contribution in [0.2, 0.25) is 0 Å². The van der Waals surface area contributed by atoms with Gasteiger partial charge in [-0.1, -0.05) is 11.3 Å². The van der Waals surface area contributed by atoms with Crippen LogP contribution in [-0.4, -0.2) is 74.5 Å². The first kappa shape index (κ1) is 19.8. The number of hydrogen-bond donors (Lipinski definition) is 1. The van der Waals surface area contributed by atoms with E-state index in [-0.39, 0.29) is 11.7 Å². The van der Waals surface area contributed by atoms with E-state index in [4.69, 9.17) is 0 Å². The van der Waals surface area contributed by atoms with Gasteiger partial charge in [0.15, 0.2) is 5.69 Å². The molecule has 1 aliphatic rings. The lowest BCUT2D eigenvalue weighted by atomic mass is 10.2. The molecule has 0 aliphatic carbocycles. The molecular weight excluding hydrogens is 408 g/mol. The van der Waals surface area contributed by atoms with Gasteiger partial charge in [-0.05, 0) is 25.1 Å². The molecule has 12 heteroatoms. The molecule has 0 spiro atoms. The Morgan fingerprint density at radius 2 is 2.00 bits per heavy atom. The highest BCUT2D eigenvalue weighted by Crippen LogP contribution is 2.20.